The molecule has 1 amide bonds. The van der Waals surface area contributed by atoms with Crippen molar-refractivity contribution in [3.8, 4) is 0 Å². The smallest absolute Gasteiger partial charge is 0.219 e. The van der Waals surface area contributed by atoms with Gasteiger partial charge in [-0.15, -0.1) is 0 Å². The Labute approximate surface area is 219 Å². The van der Waals surface area contributed by atoms with Gasteiger partial charge in [0, 0.05) is 26.4 Å². The molecule has 0 saturated carbocycles. The predicted octanol–water partition coefficient (Wildman–Crippen LogP) is 3.30. The van der Waals surface area contributed by atoms with Crippen molar-refractivity contribution in [1.29, 1.82) is 0 Å². The Kier molecular flexibility index (Phi) is 18.7. The van der Waals surface area contributed by atoms with Gasteiger partial charge in [0.15, 0.2) is 0 Å². The highest BCUT2D eigenvalue weighted by Crippen LogP contribution is 2.24. The summed E-state index contributed by atoms with van der Waals surface area (Å²) in [7, 11) is 0. The van der Waals surface area contributed by atoms with E-state index < -0.39 is 43.2 Å². The Bertz CT molecular complexity index is 548. The van der Waals surface area contributed by atoms with Crippen LogP contribution < -0.4 is 0 Å². The summed E-state index contributed by atoms with van der Waals surface area (Å²) in [6, 6.07) is 0. The van der Waals surface area contributed by atoms with E-state index in [0.29, 0.717) is 6.54 Å². The lowest BCUT2D eigenvalue weighted by atomic mass is 9.92. The number of rotatable bonds is 21. The van der Waals surface area contributed by atoms with Gasteiger partial charge in [-0.25, -0.2) is 0 Å². The van der Waals surface area contributed by atoms with Gasteiger partial charge in [0.1, 0.15) is 24.4 Å². The molecule has 214 valence electrons. The van der Waals surface area contributed by atoms with Crippen LogP contribution in [0.5, 0.6) is 0 Å². The lowest BCUT2D eigenvalue weighted by Gasteiger charge is -2.41. The van der Waals surface area contributed by atoms with Crippen LogP contribution in [0.2, 0.25) is 0 Å². The normalized spacial score (nSPS) is 25.1. The second-order valence-electron chi connectivity index (χ2n) is 10.7. The SMILES string of the molecule is CCCCCCCCCCCCCCCCCN(CC(O)C[C@@H]1O[C@H](CO)[C@@H](O)[C@H](O)[C@H]1O)C(C)=O. The molecule has 36 heavy (non-hydrogen) atoms. The molecule has 1 aliphatic rings. The van der Waals surface area contributed by atoms with Crippen LogP contribution in [0.1, 0.15) is 117 Å². The van der Waals surface area contributed by atoms with E-state index in [1.165, 1.54) is 84.0 Å². The highest BCUT2D eigenvalue weighted by molar-refractivity contribution is 5.73. The number of carbonyl (C=O) groups is 1. The highest BCUT2D eigenvalue weighted by atomic mass is 16.5. The Hall–Kier alpha value is -0.770. The summed E-state index contributed by atoms with van der Waals surface area (Å²) < 4.78 is 5.46. The number of aliphatic hydroxyl groups excluding tert-OH is 5. The van der Waals surface area contributed by atoms with Crippen LogP contribution in [0, 0.1) is 0 Å². The second-order valence-corrected chi connectivity index (χ2v) is 10.7. The minimum Gasteiger partial charge on any atom is -0.394 e. The van der Waals surface area contributed by atoms with E-state index >= 15 is 0 Å². The fraction of sp³-hybridized carbons (Fsp3) is 0.964. The maximum Gasteiger partial charge on any atom is 0.219 e. The molecule has 8 heteroatoms. The number of hydrogen-bond acceptors (Lipinski definition) is 7. The molecular weight excluding hydrogens is 462 g/mol. The van der Waals surface area contributed by atoms with Crippen LogP contribution >= 0.6 is 0 Å². The van der Waals surface area contributed by atoms with Crippen LogP contribution in [0.25, 0.3) is 0 Å². The molecule has 0 radical (unpaired) electrons. The first-order valence-corrected chi connectivity index (χ1v) is 14.6. The van der Waals surface area contributed by atoms with Crippen molar-refractivity contribution in [2.75, 3.05) is 19.7 Å². The third-order valence-electron chi connectivity index (χ3n) is 7.40. The van der Waals surface area contributed by atoms with Crippen LogP contribution in [-0.2, 0) is 9.53 Å². The average Bonchev–Trinajstić information content (AvgIpc) is 2.85. The lowest BCUT2D eigenvalue weighted by Crippen LogP contribution is -2.59. The molecule has 1 unspecified atom stereocenters. The Morgan fingerprint density at radius 2 is 1.19 bits per heavy atom. The van der Waals surface area contributed by atoms with Crippen LogP contribution in [0.3, 0.4) is 0 Å². The third-order valence-corrected chi connectivity index (χ3v) is 7.40. The summed E-state index contributed by atoms with van der Waals surface area (Å²) in [4.78, 5) is 13.6. The van der Waals surface area contributed by atoms with Crippen LogP contribution in [0.4, 0.5) is 0 Å². The zero-order chi connectivity index (χ0) is 26.8. The largest absolute Gasteiger partial charge is 0.394 e. The predicted molar refractivity (Wildman–Crippen MR) is 142 cm³/mol. The first-order chi connectivity index (χ1) is 17.3. The van der Waals surface area contributed by atoms with E-state index in [0.717, 1.165) is 19.3 Å². The van der Waals surface area contributed by atoms with Gasteiger partial charge >= 0.3 is 0 Å². The van der Waals surface area contributed by atoms with Crippen molar-refractivity contribution in [2.24, 2.45) is 0 Å². The summed E-state index contributed by atoms with van der Waals surface area (Å²) in [6.07, 6.45) is 12.0. The van der Waals surface area contributed by atoms with Crippen molar-refractivity contribution in [2.45, 2.75) is 153 Å². The summed E-state index contributed by atoms with van der Waals surface area (Å²) >= 11 is 0. The molecule has 8 nitrogen and oxygen atoms in total. The molecule has 0 spiro atoms. The van der Waals surface area contributed by atoms with E-state index in [1.54, 1.807) is 4.90 Å². The van der Waals surface area contributed by atoms with Crippen LogP contribution in [-0.4, -0.2) is 92.7 Å². The molecule has 1 fully saturated rings. The Balaban J connectivity index is 2.13. The van der Waals surface area contributed by atoms with E-state index in [1.807, 2.05) is 0 Å². The molecular formula is C28H55NO7. The molecule has 1 aliphatic heterocycles. The standard InChI is InChI=1S/C28H55NO7/c1-3-4-5-6-7-8-9-10-11-12-13-14-15-16-17-18-29(22(2)31)20-23(32)19-24-26(33)28(35)27(34)25(21-30)36-24/h23-28,30,32-35H,3-21H2,1-2H3/t23?,24-,25+,26-,27+,28+/m0/s1. The number of hydrogen-bond donors (Lipinski definition) is 5. The van der Waals surface area contributed by atoms with Gasteiger partial charge < -0.3 is 35.2 Å². The number of amides is 1. The quantitative estimate of drug-likeness (QED) is 0.148. The van der Waals surface area contributed by atoms with Gasteiger partial charge in [-0.3, -0.25) is 4.79 Å². The zero-order valence-electron chi connectivity index (χ0n) is 22.9. The molecule has 0 bridgehead atoms. The van der Waals surface area contributed by atoms with Gasteiger partial charge in [-0.1, -0.05) is 96.8 Å². The van der Waals surface area contributed by atoms with Crippen molar-refractivity contribution >= 4 is 5.91 Å². The minimum absolute atomic E-state index is 0.00984. The summed E-state index contributed by atoms with van der Waals surface area (Å²) in [5, 5.41) is 49.7. The van der Waals surface area contributed by atoms with Crippen molar-refractivity contribution in [3.63, 3.8) is 0 Å². The first kappa shape index (κ1) is 33.3. The molecule has 1 heterocycles. The lowest BCUT2D eigenvalue weighted by molar-refractivity contribution is -0.234. The molecule has 1 rings (SSSR count). The van der Waals surface area contributed by atoms with Crippen molar-refractivity contribution in [3.05, 3.63) is 0 Å². The van der Waals surface area contributed by atoms with E-state index in [2.05, 4.69) is 6.92 Å². The molecule has 0 aromatic rings. The summed E-state index contributed by atoms with van der Waals surface area (Å²) in [5.74, 6) is -0.117. The number of ether oxygens (including phenoxy) is 1. The number of unbranched alkanes of at least 4 members (excludes halogenated alkanes) is 14. The molecule has 6 atom stereocenters. The molecule has 0 aliphatic carbocycles. The van der Waals surface area contributed by atoms with Gasteiger partial charge in [0.05, 0.1) is 18.8 Å². The Morgan fingerprint density at radius 3 is 1.64 bits per heavy atom. The summed E-state index contributed by atoms with van der Waals surface area (Å²) in [5.41, 5.74) is 0. The second kappa shape index (κ2) is 20.2. The van der Waals surface area contributed by atoms with Gasteiger partial charge in [-0.2, -0.15) is 0 Å². The fourth-order valence-corrected chi connectivity index (χ4v) is 5.02. The van der Waals surface area contributed by atoms with Crippen molar-refractivity contribution < 1.29 is 35.1 Å². The molecule has 0 aromatic heterocycles. The highest BCUT2D eigenvalue weighted by Gasteiger charge is 2.43. The van der Waals surface area contributed by atoms with E-state index in [9.17, 15) is 30.3 Å². The van der Waals surface area contributed by atoms with Crippen molar-refractivity contribution in [1.82, 2.24) is 4.90 Å². The van der Waals surface area contributed by atoms with Crippen LogP contribution in [0.15, 0.2) is 0 Å². The molecule has 1 saturated heterocycles. The zero-order valence-corrected chi connectivity index (χ0v) is 22.9. The van der Waals surface area contributed by atoms with Gasteiger partial charge in [0.2, 0.25) is 5.91 Å². The van der Waals surface area contributed by atoms with E-state index in [-0.39, 0.29) is 18.9 Å². The Morgan fingerprint density at radius 1 is 0.750 bits per heavy atom. The first-order valence-electron chi connectivity index (χ1n) is 14.6. The topological polar surface area (TPSA) is 131 Å². The number of aliphatic hydroxyl groups is 5. The van der Waals surface area contributed by atoms with Gasteiger partial charge in [-0.05, 0) is 6.42 Å². The third kappa shape index (κ3) is 13.7. The number of nitrogens with zero attached hydrogens (tertiary/aromatic N) is 1. The summed E-state index contributed by atoms with van der Waals surface area (Å²) in [6.45, 7) is 3.91. The maximum atomic E-state index is 12.0. The average molecular weight is 518 g/mol. The fourth-order valence-electron chi connectivity index (χ4n) is 5.02. The van der Waals surface area contributed by atoms with Gasteiger partial charge in [0.25, 0.3) is 0 Å². The van der Waals surface area contributed by atoms with E-state index in [4.69, 9.17) is 4.74 Å². The molecule has 5 N–H and O–H groups in total. The monoisotopic (exact) mass is 517 g/mol. The number of carbonyl (C=O) groups excluding carboxylic acids is 1. The maximum absolute atomic E-state index is 12.0. The minimum atomic E-state index is -1.46. The molecule has 0 aromatic carbocycles.